The molecule has 0 bridgehead atoms. The van der Waals surface area contributed by atoms with E-state index in [1.54, 1.807) is 10.7 Å². The maximum Gasteiger partial charge on any atom is 0.339 e. The quantitative estimate of drug-likeness (QED) is 0.220. The summed E-state index contributed by atoms with van der Waals surface area (Å²) in [5.74, 6) is -0.574. The molecule has 6 nitrogen and oxygen atoms in total. The molecule has 1 aromatic heterocycles. The molecule has 0 radical (unpaired) electrons. The number of ether oxygens (including phenoxy) is 1. The minimum atomic E-state index is -3.51. The van der Waals surface area contributed by atoms with E-state index >= 15 is 0 Å². The number of halogens is 1. The summed E-state index contributed by atoms with van der Waals surface area (Å²) in [4.78, 5) is 13.5. The SMILES string of the molecule is COC(=O)c1c(SS(C)(=O)=O)cc(-c2ccc(Br)cc2)c2c1-c1cn(-c3ccccc3)nc1CC2. The zero-order valence-electron chi connectivity index (χ0n) is 19.0. The Bertz CT molecular complexity index is 1550. The summed E-state index contributed by atoms with van der Waals surface area (Å²) in [6.07, 6.45) is 4.41. The van der Waals surface area contributed by atoms with Crippen molar-refractivity contribution in [2.45, 2.75) is 17.7 Å². The topological polar surface area (TPSA) is 78.3 Å². The lowest BCUT2D eigenvalue weighted by Gasteiger charge is -2.24. The number of esters is 1. The minimum Gasteiger partial charge on any atom is -0.465 e. The van der Waals surface area contributed by atoms with Crippen LogP contribution in [0.3, 0.4) is 0 Å². The molecule has 0 atom stereocenters. The van der Waals surface area contributed by atoms with E-state index in [4.69, 9.17) is 9.84 Å². The third kappa shape index (κ3) is 4.68. The number of benzene rings is 3. The van der Waals surface area contributed by atoms with Crippen LogP contribution < -0.4 is 0 Å². The number of carbonyl (C=O) groups is 1. The van der Waals surface area contributed by atoms with Crippen LogP contribution in [0.5, 0.6) is 0 Å². The lowest BCUT2D eigenvalue weighted by molar-refractivity contribution is 0.0597. The van der Waals surface area contributed by atoms with Gasteiger partial charge in [-0.1, -0.05) is 46.3 Å². The highest BCUT2D eigenvalue weighted by molar-refractivity contribution is 9.10. The van der Waals surface area contributed by atoms with Gasteiger partial charge in [0.05, 0.1) is 24.1 Å². The molecular formula is C26H21BrN2O4S2. The number of hydrogen-bond acceptors (Lipinski definition) is 6. The fourth-order valence-corrected chi connectivity index (χ4v) is 6.83. The highest BCUT2D eigenvalue weighted by Crippen LogP contribution is 2.46. The molecular weight excluding hydrogens is 548 g/mol. The summed E-state index contributed by atoms with van der Waals surface area (Å²) in [5, 5.41) is 4.80. The summed E-state index contributed by atoms with van der Waals surface area (Å²) in [6.45, 7) is 0. The van der Waals surface area contributed by atoms with E-state index in [9.17, 15) is 13.2 Å². The molecule has 1 aliphatic carbocycles. The summed E-state index contributed by atoms with van der Waals surface area (Å²) >= 11 is 3.48. The van der Waals surface area contributed by atoms with Crippen LogP contribution in [-0.2, 0) is 26.4 Å². The highest BCUT2D eigenvalue weighted by atomic mass is 79.9. The van der Waals surface area contributed by atoms with E-state index in [1.807, 2.05) is 60.8 Å². The van der Waals surface area contributed by atoms with Gasteiger partial charge in [0.15, 0.2) is 0 Å². The second-order valence-electron chi connectivity index (χ2n) is 8.21. The Morgan fingerprint density at radius 1 is 1.06 bits per heavy atom. The maximum absolute atomic E-state index is 13.1. The lowest BCUT2D eigenvalue weighted by Crippen LogP contribution is -2.14. The number of fused-ring (bicyclic) bond motifs is 3. The Hall–Kier alpha value is -2.88. The zero-order valence-corrected chi connectivity index (χ0v) is 22.2. The van der Waals surface area contributed by atoms with Gasteiger partial charge in [-0.15, -0.1) is 0 Å². The standard InChI is InChI=1S/C26H21BrN2O4S2/c1-33-26(30)25-23(34-35(2,31)32)14-20(16-8-10-17(27)11-9-16)19-12-13-22-21(24(19)25)15-29(28-22)18-6-4-3-5-7-18/h3-11,14-15H,12-13H2,1-2H3. The first-order chi connectivity index (χ1) is 16.7. The fourth-order valence-electron chi connectivity index (χ4n) is 4.44. The largest absolute Gasteiger partial charge is 0.465 e. The number of nitrogens with zero attached hydrogens (tertiary/aromatic N) is 2. The predicted molar refractivity (Wildman–Crippen MR) is 142 cm³/mol. The monoisotopic (exact) mass is 568 g/mol. The van der Waals surface area contributed by atoms with Crippen molar-refractivity contribution in [3.05, 3.63) is 88.2 Å². The Balaban J connectivity index is 1.83. The lowest BCUT2D eigenvalue weighted by atomic mass is 9.82. The van der Waals surface area contributed by atoms with Crippen LogP contribution in [-0.4, -0.2) is 37.5 Å². The average Bonchev–Trinajstić information content (AvgIpc) is 3.28. The number of para-hydroxylation sites is 1. The van der Waals surface area contributed by atoms with Crippen LogP contribution in [0.4, 0.5) is 0 Å². The first-order valence-corrected chi connectivity index (χ1v) is 14.8. The Morgan fingerprint density at radius 2 is 1.77 bits per heavy atom. The third-order valence-corrected chi connectivity index (χ3v) is 8.66. The number of methoxy groups -OCH3 is 1. The van der Waals surface area contributed by atoms with Crippen LogP contribution >= 0.6 is 26.7 Å². The number of aryl methyl sites for hydroxylation is 1. The van der Waals surface area contributed by atoms with Crippen LogP contribution in [0, 0.1) is 0 Å². The van der Waals surface area contributed by atoms with Crippen molar-refractivity contribution in [1.29, 1.82) is 0 Å². The highest BCUT2D eigenvalue weighted by Gasteiger charge is 2.32. The Kier molecular flexibility index (Phi) is 6.33. The second kappa shape index (κ2) is 9.29. The van der Waals surface area contributed by atoms with Crippen LogP contribution in [0.1, 0.15) is 21.6 Å². The van der Waals surface area contributed by atoms with Gasteiger partial charge in [0.25, 0.3) is 0 Å². The molecule has 0 saturated heterocycles. The molecule has 3 aromatic carbocycles. The molecule has 0 unspecified atom stereocenters. The molecule has 178 valence electrons. The van der Waals surface area contributed by atoms with E-state index in [0.29, 0.717) is 34.1 Å². The second-order valence-corrected chi connectivity index (χ2v) is 13.5. The van der Waals surface area contributed by atoms with Crippen molar-refractivity contribution >= 4 is 41.6 Å². The van der Waals surface area contributed by atoms with Crippen LogP contribution in [0.15, 0.2) is 76.2 Å². The van der Waals surface area contributed by atoms with Crippen molar-refractivity contribution in [2.75, 3.05) is 13.4 Å². The van der Waals surface area contributed by atoms with Gasteiger partial charge in [0.2, 0.25) is 8.87 Å². The molecule has 0 saturated carbocycles. The maximum atomic E-state index is 13.1. The molecule has 9 heteroatoms. The third-order valence-electron chi connectivity index (χ3n) is 5.88. The van der Waals surface area contributed by atoms with E-state index < -0.39 is 14.8 Å². The van der Waals surface area contributed by atoms with Gasteiger partial charge in [0.1, 0.15) is 0 Å². The van der Waals surface area contributed by atoms with Crippen LogP contribution in [0.25, 0.3) is 27.9 Å². The number of aromatic nitrogens is 2. The smallest absolute Gasteiger partial charge is 0.339 e. The van der Waals surface area contributed by atoms with Gasteiger partial charge in [0, 0.05) is 43.7 Å². The molecule has 4 aromatic rings. The summed E-state index contributed by atoms with van der Waals surface area (Å²) < 4.78 is 32.6. The van der Waals surface area contributed by atoms with Gasteiger partial charge in [-0.3, -0.25) is 0 Å². The van der Waals surface area contributed by atoms with Gasteiger partial charge >= 0.3 is 5.97 Å². The molecule has 0 N–H and O–H groups in total. The molecule has 5 rings (SSSR count). The summed E-state index contributed by atoms with van der Waals surface area (Å²) in [6, 6.07) is 19.4. The van der Waals surface area contributed by atoms with E-state index in [0.717, 1.165) is 44.4 Å². The molecule has 1 aliphatic rings. The van der Waals surface area contributed by atoms with Gasteiger partial charge in [-0.25, -0.2) is 17.9 Å². The van der Waals surface area contributed by atoms with E-state index in [-0.39, 0.29) is 5.56 Å². The first-order valence-electron chi connectivity index (χ1n) is 10.8. The molecule has 0 aliphatic heterocycles. The normalized spacial score (nSPS) is 12.7. The molecule has 0 spiro atoms. The van der Waals surface area contributed by atoms with Crippen molar-refractivity contribution in [3.8, 4) is 27.9 Å². The van der Waals surface area contributed by atoms with Crippen molar-refractivity contribution in [3.63, 3.8) is 0 Å². The fraction of sp³-hybridized carbons (Fsp3) is 0.154. The zero-order chi connectivity index (χ0) is 24.7. The Morgan fingerprint density at radius 3 is 2.43 bits per heavy atom. The predicted octanol–water partition coefficient (Wildman–Crippen LogP) is 5.91. The van der Waals surface area contributed by atoms with E-state index in [1.165, 1.54) is 7.11 Å². The molecule has 0 amide bonds. The van der Waals surface area contributed by atoms with Gasteiger partial charge in [-0.05, 0) is 59.9 Å². The minimum absolute atomic E-state index is 0.257. The molecule has 0 fully saturated rings. The first kappa shape index (κ1) is 23.8. The number of carbonyl (C=O) groups excluding carboxylic acids is 1. The van der Waals surface area contributed by atoms with Crippen molar-refractivity contribution < 1.29 is 17.9 Å². The number of hydrogen-bond donors (Lipinski definition) is 0. The molecule has 35 heavy (non-hydrogen) atoms. The van der Waals surface area contributed by atoms with Crippen molar-refractivity contribution in [2.24, 2.45) is 0 Å². The molecule has 1 heterocycles. The summed E-state index contributed by atoms with van der Waals surface area (Å²) in [7, 11) is -1.53. The Labute approximate surface area is 215 Å². The number of rotatable bonds is 5. The van der Waals surface area contributed by atoms with E-state index in [2.05, 4.69) is 15.9 Å². The van der Waals surface area contributed by atoms with Gasteiger partial charge < -0.3 is 4.74 Å². The average molecular weight is 570 g/mol. The van der Waals surface area contributed by atoms with Gasteiger partial charge in [-0.2, -0.15) is 5.10 Å². The van der Waals surface area contributed by atoms with Crippen molar-refractivity contribution in [1.82, 2.24) is 9.78 Å². The van der Waals surface area contributed by atoms with Crippen LogP contribution in [0.2, 0.25) is 0 Å². The summed E-state index contributed by atoms with van der Waals surface area (Å²) in [5.41, 5.74) is 6.32.